The third-order valence-corrected chi connectivity index (χ3v) is 6.21. The smallest absolute Gasteiger partial charge is 0.179 e. The molecule has 2 nitrogen and oxygen atoms in total. The molecule has 0 aliphatic rings. The van der Waals surface area contributed by atoms with Crippen LogP contribution in [0.1, 0.15) is 37.5 Å². The lowest BCUT2D eigenvalue weighted by atomic mass is 9.99. The molecule has 0 amide bonds. The van der Waals surface area contributed by atoms with Crippen molar-refractivity contribution in [3.63, 3.8) is 0 Å². The van der Waals surface area contributed by atoms with Gasteiger partial charge in [0.2, 0.25) is 0 Å². The maximum absolute atomic E-state index is 5.93. The van der Waals surface area contributed by atoms with Crippen LogP contribution in [0, 0.1) is 0 Å². The van der Waals surface area contributed by atoms with Crippen LogP contribution in [0.3, 0.4) is 0 Å². The fourth-order valence-corrected chi connectivity index (χ4v) is 3.83. The summed E-state index contributed by atoms with van der Waals surface area (Å²) >= 11 is 11.0. The summed E-state index contributed by atoms with van der Waals surface area (Å²) in [5, 5.41) is 1.51. The van der Waals surface area contributed by atoms with Crippen molar-refractivity contribution in [3.05, 3.63) is 75.4 Å². The average molecular weight is 449 g/mol. The van der Waals surface area contributed by atoms with E-state index in [9.17, 15) is 0 Å². The Morgan fingerprint density at radius 3 is 2.50 bits per heavy atom. The first-order valence-corrected chi connectivity index (χ1v) is 10.4. The molecular formula is C21H19BrClNOS. The van der Waals surface area contributed by atoms with Crippen LogP contribution in [0.15, 0.2) is 78.5 Å². The van der Waals surface area contributed by atoms with E-state index in [1.165, 1.54) is 17.3 Å². The number of hydrogen-bond acceptors (Lipinski definition) is 3. The van der Waals surface area contributed by atoms with Gasteiger partial charge in [-0.15, -0.1) is 0 Å². The van der Waals surface area contributed by atoms with E-state index in [0.717, 1.165) is 31.6 Å². The van der Waals surface area contributed by atoms with Crippen LogP contribution in [-0.2, 0) is 0 Å². The lowest BCUT2D eigenvalue weighted by Gasteiger charge is -2.08. The van der Waals surface area contributed by atoms with Gasteiger partial charge in [0.1, 0.15) is 5.76 Å². The highest BCUT2D eigenvalue weighted by Crippen LogP contribution is 2.36. The van der Waals surface area contributed by atoms with Gasteiger partial charge in [-0.1, -0.05) is 49.3 Å². The summed E-state index contributed by atoms with van der Waals surface area (Å²) in [4.78, 5) is 5.57. The Morgan fingerprint density at radius 1 is 1.15 bits per heavy atom. The first kappa shape index (κ1) is 19.3. The molecule has 0 unspecified atom stereocenters. The number of furan rings is 1. The van der Waals surface area contributed by atoms with Crippen molar-refractivity contribution in [3.8, 4) is 0 Å². The van der Waals surface area contributed by atoms with E-state index in [4.69, 9.17) is 16.0 Å². The van der Waals surface area contributed by atoms with Gasteiger partial charge in [-0.05, 0) is 70.2 Å². The fraction of sp³-hybridized carbons (Fsp3) is 0.190. The fourth-order valence-electron chi connectivity index (χ4n) is 2.37. The zero-order chi connectivity index (χ0) is 18.5. The molecule has 3 rings (SSSR count). The zero-order valence-electron chi connectivity index (χ0n) is 14.6. The van der Waals surface area contributed by atoms with Gasteiger partial charge in [-0.3, -0.25) is 4.99 Å². The molecule has 26 heavy (non-hydrogen) atoms. The summed E-state index contributed by atoms with van der Waals surface area (Å²) < 4.78 is 6.79. The van der Waals surface area contributed by atoms with Crippen molar-refractivity contribution in [2.24, 2.45) is 4.99 Å². The molecule has 0 bridgehead atoms. The number of hydrogen-bond donors (Lipinski definition) is 0. The molecule has 0 spiro atoms. The Bertz CT molecular complexity index is 887. The van der Waals surface area contributed by atoms with Crippen LogP contribution in [0.2, 0.25) is 5.02 Å². The number of benzene rings is 2. The normalized spacial score (nSPS) is 12.6. The minimum atomic E-state index is 0.571. The van der Waals surface area contributed by atoms with Crippen molar-refractivity contribution in [2.75, 3.05) is 0 Å². The highest BCUT2D eigenvalue weighted by atomic mass is 79.9. The SMILES string of the molecule is CC[C@@H](C)c1ccc(N=Cc2cc(Br)c(Sc3ccc(Cl)cc3)o2)cc1. The molecule has 1 aromatic heterocycles. The molecule has 0 fully saturated rings. The maximum atomic E-state index is 5.93. The molecule has 2 aromatic carbocycles. The third-order valence-electron chi connectivity index (χ3n) is 4.11. The molecule has 134 valence electrons. The lowest BCUT2D eigenvalue weighted by Crippen LogP contribution is -1.89. The van der Waals surface area contributed by atoms with Gasteiger partial charge in [0.15, 0.2) is 5.09 Å². The molecule has 3 aromatic rings. The summed E-state index contributed by atoms with van der Waals surface area (Å²) in [6.07, 6.45) is 2.88. The van der Waals surface area contributed by atoms with Gasteiger partial charge >= 0.3 is 0 Å². The summed E-state index contributed by atoms with van der Waals surface area (Å²) in [6, 6.07) is 18.0. The van der Waals surface area contributed by atoms with Gasteiger partial charge < -0.3 is 4.42 Å². The molecule has 5 heteroatoms. The number of rotatable bonds is 6. The predicted molar refractivity (Wildman–Crippen MR) is 114 cm³/mol. The van der Waals surface area contributed by atoms with E-state index in [0.29, 0.717) is 11.7 Å². The lowest BCUT2D eigenvalue weighted by molar-refractivity contribution is 0.466. The largest absolute Gasteiger partial charge is 0.447 e. The monoisotopic (exact) mass is 447 g/mol. The average Bonchev–Trinajstić information content (AvgIpc) is 3.01. The highest BCUT2D eigenvalue weighted by Gasteiger charge is 2.10. The van der Waals surface area contributed by atoms with E-state index in [2.05, 4.69) is 46.9 Å². The van der Waals surface area contributed by atoms with Crippen LogP contribution in [-0.4, -0.2) is 6.21 Å². The minimum Gasteiger partial charge on any atom is -0.447 e. The summed E-state index contributed by atoms with van der Waals surface area (Å²) in [5.41, 5.74) is 2.25. The molecule has 0 aliphatic carbocycles. The van der Waals surface area contributed by atoms with Crippen LogP contribution in [0.25, 0.3) is 0 Å². The second-order valence-electron chi connectivity index (χ2n) is 6.00. The number of halogens is 2. The minimum absolute atomic E-state index is 0.571. The first-order valence-electron chi connectivity index (χ1n) is 8.42. The van der Waals surface area contributed by atoms with E-state index in [1.807, 2.05) is 42.5 Å². The van der Waals surface area contributed by atoms with Crippen molar-refractivity contribution in [2.45, 2.75) is 36.2 Å². The molecule has 0 aliphatic heterocycles. The van der Waals surface area contributed by atoms with Gasteiger partial charge in [0.05, 0.1) is 16.4 Å². The van der Waals surface area contributed by atoms with Crippen molar-refractivity contribution in [1.29, 1.82) is 0 Å². The molecule has 1 atom stereocenters. The van der Waals surface area contributed by atoms with Gasteiger partial charge in [-0.25, -0.2) is 0 Å². The molecule has 0 radical (unpaired) electrons. The standard InChI is InChI=1S/C21H19BrClNOS/c1-3-14(2)15-4-8-17(9-5-15)24-13-18-12-20(22)21(25-18)26-19-10-6-16(23)7-11-19/h4-14H,3H2,1-2H3/t14-/m1/s1. The van der Waals surface area contributed by atoms with Crippen molar-refractivity contribution < 1.29 is 4.42 Å². The molecular weight excluding hydrogens is 430 g/mol. The Labute approximate surface area is 171 Å². The van der Waals surface area contributed by atoms with Crippen LogP contribution < -0.4 is 0 Å². The van der Waals surface area contributed by atoms with Gasteiger partial charge in [0.25, 0.3) is 0 Å². The Balaban J connectivity index is 1.70. The second kappa shape index (κ2) is 8.94. The van der Waals surface area contributed by atoms with Crippen LogP contribution in [0.5, 0.6) is 0 Å². The molecule has 1 heterocycles. The Hall–Kier alpha value is -1.49. The second-order valence-corrected chi connectivity index (χ2v) is 8.34. The van der Waals surface area contributed by atoms with Crippen molar-refractivity contribution >= 4 is 51.2 Å². The van der Waals surface area contributed by atoms with Crippen LogP contribution in [0.4, 0.5) is 5.69 Å². The van der Waals surface area contributed by atoms with E-state index < -0.39 is 0 Å². The highest BCUT2D eigenvalue weighted by molar-refractivity contribution is 9.10. The quantitative estimate of drug-likeness (QED) is 0.356. The molecule has 0 saturated heterocycles. The Morgan fingerprint density at radius 2 is 1.85 bits per heavy atom. The number of aliphatic imine (C=N–C) groups is 1. The molecule has 0 saturated carbocycles. The van der Waals surface area contributed by atoms with Crippen LogP contribution >= 0.6 is 39.3 Å². The summed E-state index contributed by atoms with van der Waals surface area (Å²) in [7, 11) is 0. The summed E-state index contributed by atoms with van der Waals surface area (Å²) in [5.74, 6) is 1.28. The van der Waals surface area contributed by atoms with Gasteiger partial charge in [-0.2, -0.15) is 0 Å². The Kier molecular flexibility index (Phi) is 6.63. The van der Waals surface area contributed by atoms with E-state index in [-0.39, 0.29) is 0 Å². The maximum Gasteiger partial charge on any atom is 0.179 e. The summed E-state index contributed by atoms with van der Waals surface area (Å²) in [6.45, 7) is 4.43. The topological polar surface area (TPSA) is 25.5 Å². The molecule has 0 N–H and O–H groups in total. The van der Waals surface area contributed by atoms with E-state index in [1.54, 1.807) is 6.21 Å². The van der Waals surface area contributed by atoms with Crippen molar-refractivity contribution in [1.82, 2.24) is 0 Å². The predicted octanol–water partition coefficient (Wildman–Crippen LogP) is 8.11. The third kappa shape index (κ3) is 5.03. The zero-order valence-corrected chi connectivity index (χ0v) is 17.7. The number of nitrogens with zero attached hydrogens (tertiary/aromatic N) is 1. The van der Waals surface area contributed by atoms with E-state index >= 15 is 0 Å². The van der Waals surface area contributed by atoms with Gasteiger partial charge in [0, 0.05) is 16.0 Å². The first-order chi connectivity index (χ1) is 12.5.